The van der Waals surface area contributed by atoms with E-state index in [0.29, 0.717) is 26.8 Å². The van der Waals surface area contributed by atoms with E-state index in [1.807, 2.05) is 6.07 Å². The largest absolute Gasteiger partial charge is 0.448 e. The fraction of sp³-hybridized carbons (Fsp3) is 0.150. The van der Waals surface area contributed by atoms with Crippen molar-refractivity contribution in [2.75, 3.05) is 0 Å². The van der Waals surface area contributed by atoms with Crippen LogP contribution in [-0.4, -0.2) is 33.9 Å². The zero-order chi connectivity index (χ0) is 20.8. The van der Waals surface area contributed by atoms with Crippen molar-refractivity contribution >= 4 is 29.1 Å². The van der Waals surface area contributed by atoms with Gasteiger partial charge >= 0.3 is 5.97 Å². The van der Waals surface area contributed by atoms with Crippen molar-refractivity contribution in [3.05, 3.63) is 70.9 Å². The first kappa shape index (κ1) is 20.2. The van der Waals surface area contributed by atoms with Gasteiger partial charge in [0.1, 0.15) is 9.88 Å². The third-order valence-electron chi connectivity index (χ3n) is 3.85. The molecule has 0 unspecified atom stereocenters. The number of hydrogen-bond donors (Lipinski definition) is 2. The molecule has 0 saturated carbocycles. The van der Waals surface area contributed by atoms with Crippen molar-refractivity contribution in [3.8, 4) is 10.7 Å². The maximum absolute atomic E-state index is 12.4. The van der Waals surface area contributed by atoms with Crippen molar-refractivity contribution < 1.29 is 19.1 Å². The zero-order valence-electron chi connectivity index (χ0n) is 15.7. The quantitative estimate of drug-likeness (QED) is 0.494. The van der Waals surface area contributed by atoms with Crippen LogP contribution in [0, 0.1) is 6.92 Å². The maximum atomic E-state index is 12.4. The van der Waals surface area contributed by atoms with E-state index in [9.17, 15) is 14.4 Å². The Bertz CT molecular complexity index is 1020. The second-order valence-corrected chi connectivity index (χ2v) is 7.00. The predicted molar refractivity (Wildman–Crippen MR) is 107 cm³/mol. The Balaban J connectivity index is 1.58. The second kappa shape index (κ2) is 9.07. The lowest BCUT2D eigenvalue weighted by atomic mass is 10.2. The van der Waals surface area contributed by atoms with E-state index in [2.05, 4.69) is 20.8 Å². The molecule has 0 aliphatic rings. The number of nitrogens with zero attached hydrogens (tertiary/aromatic N) is 2. The number of hydrazine groups is 1. The lowest BCUT2D eigenvalue weighted by molar-refractivity contribution is -0.129. The summed E-state index contributed by atoms with van der Waals surface area (Å²) in [7, 11) is 0. The van der Waals surface area contributed by atoms with Gasteiger partial charge < -0.3 is 4.74 Å². The minimum atomic E-state index is -1.11. The number of carbonyl (C=O) groups is 3. The third kappa shape index (κ3) is 5.02. The Hall–Kier alpha value is -3.59. The van der Waals surface area contributed by atoms with Gasteiger partial charge in [-0.3, -0.25) is 25.4 Å². The number of amides is 2. The first-order chi connectivity index (χ1) is 14.0. The molecule has 0 fully saturated rings. The Morgan fingerprint density at radius 2 is 1.76 bits per heavy atom. The van der Waals surface area contributed by atoms with Gasteiger partial charge in [-0.25, -0.2) is 9.78 Å². The molecule has 0 saturated heterocycles. The number of carbonyl (C=O) groups excluding carboxylic acids is 3. The number of aromatic nitrogens is 2. The minimum absolute atomic E-state index is 0.290. The summed E-state index contributed by atoms with van der Waals surface area (Å²) in [5, 5.41) is 0.585. The van der Waals surface area contributed by atoms with Crippen LogP contribution in [0.4, 0.5) is 0 Å². The molecule has 9 heteroatoms. The Morgan fingerprint density at radius 1 is 1.03 bits per heavy atom. The molecule has 3 aromatic rings. The molecule has 2 aromatic heterocycles. The number of benzene rings is 1. The molecule has 0 aliphatic heterocycles. The Morgan fingerprint density at radius 3 is 2.45 bits per heavy atom. The summed E-state index contributed by atoms with van der Waals surface area (Å²) < 4.78 is 5.21. The van der Waals surface area contributed by atoms with Crippen molar-refractivity contribution in [3.63, 3.8) is 0 Å². The van der Waals surface area contributed by atoms with E-state index in [1.165, 1.54) is 6.92 Å². The van der Waals surface area contributed by atoms with Crippen molar-refractivity contribution in [1.29, 1.82) is 0 Å². The van der Waals surface area contributed by atoms with E-state index in [0.717, 1.165) is 11.3 Å². The van der Waals surface area contributed by atoms with Crippen molar-refractivity contribution in [2.45, 2.75) is 20.0 Å². The van der Waals surface area contributed by atoms with Crippen LogP contribution in [0.3, 0.4) is 0 Å². The maximum Gasteiger partial charge on any atom is 0.351 e. The van der Waals surface area contributed by atoms with Crippen LogP contribution in [0.5, 0.6) is 0 Å². The zero-order valence-corrected chi connectivity index (χ0v) is 16.5. The lowest BCUT2D eigenvalue weighted by Gasteiger charge is -2.13. The van der Waals surface area contributed by atoms with Crippen LogP contribution >= 0.6 is 11.3 Å². The van der Waals surface area contributed by atoms with Gasteiger partial charge in [-0.15, -0.1) is 11.3 Å². The molecular weight excluding hydrogens is 392 g/mol. The molecule has 8 nitrogen and oxygen atoms in total. The van der Waals surface area contributed by atoms with Crippen molar-refractivity contribution in [1.82, 2.24) is 20.8 Å². The summed E-state index contributed by atoms with van der Waals surface area (Å²) >= 11 is 1.14. The van der Waals surface area contributed by atoms with Crippen molar-refractivity contribution in [2.24, 2.45) is 0 Å². The van der Waals surface area contributed by atoms with Gasteiger partial charge in [0.2, 0.25) is 0 Å². The van der Waals surface area contributed by atoms with Gasteiger partial charge in [-0.05, 0) is 38.1 Å². The number of aryl methyl sites for hydroxylation is 1. The highest BCUT2D eigenvalue weighted by Gasteiger charge is 2.23. The molecule has 148 valence electrons. The highest BCUT2D eigenvalue weighted by atomic mass is 32.1. The summed E-state index contributed by atoms with van der Waals surface area (Å²) in [5.41, 5.74) is 6.05. The molecule has 29 heavy (non-hydrogen) atoms. The van der Waals surface area contributed by atoms with Crippen LogP contribution < -0.4 is 10.9 Å². The van der Waals surface area contributed by atoms with Crippen LogP contribution in [0.2, 0.25) is 0 Å². The average Bonchev–Trinajstić information content (AvgIpc) is 3.14. The van der Waals surface area contributed by atoms with E-state index < -0.39 is 23.9 Å². The standard InChI is InChI=1S/C20H18N4O4S/c1-12-16(29-19(22-12)15-10-6-7-11-21-15)20(27)28-13(2)17(25)23-24-18(26)14-8-4-3-5-9-14/h3-11,13H,1-2H3,(H,23,25)(H,24,26)/t13-/m0/s1. The molecule has 2 heterocycles. The van der Waals surface area contributed by atoms with Gasteiger partial charge in [-0.2, -0.15) is 0 Å². The number of hydrogen-bond acceptors (Lipinski definition) is 7. The predicted octanol–water partition coefficient (Wildman–Crippen LogP) is 2.52. The van der Waals surface area contributed by atoms with Gasteiger partial charge in [0.25, 0.3) is 11.8 Å². The fourth-order valence-corrected chi connectivity index (χ4v) is 3.26. The van der Waals surface area contributed by atoms with E-state index in [1.54, 1.807) is 55.6 Å². The summed E-state index contributed by atoms with van der Waals surface area (Å²) in [6.07, 6.45) is 0.526. The lowest BCUT2D eigenvalue weighted by Crippen LogP contribution is -2.46. The number of rotatable bonds is 5. The smallest absolute Gasteiger partial charge is 0.351 e. The first-order valence-electron chi connectivity index (χ1n) is 8.70. The molecule has 0 radical (unpaired) electrons. The second-order valence-electron chi connectivity index (χ2n) is 6.01. The minimum Gasteiger partial charge on any atom is -0.448 e. The monoisotopic (exact) mass is 410 g/mol. The molecule has 2 amide bonds. The first-order valence-corrected chi connectivity index (χ1v) is 9.52. The summed E-state index contributed by atoms with van der Waals surface area (Å²) in [6.45, 7) is 3.10. The van der Waals surface area contributed by atoms with E-state index in [4.69, 9.17) is 4.74 Å². The highest BCUT2D eigenvalue weighted by molar-refractivity contribution is 7.17. The van der Waals surface area contributed by atoms with E-state index in [-0.39, 0.29) is 0 Å². The molecule has 0 spiro atoms. The molecule has 3 rings (SSSR count). The van der Waals surface area contributed by atoms with Gasteiger partial charge in [0, 0.05) is 11.8 Å². The molecule has 0 bridgehead atoms. The normalized spacial score (nSPS) is 11.4. The third-order valence-corrected chi connectivity index (χ3v) is 5.01. The number of esters is 1. The number of pyridine rings is 1. The molecule has 1 atom stereocenters. The fourth-order valence-electron chi connectivity index (χ4n) is 2.33. The SMILES string of the molecule is Cc1nc(-c2ccccn2)sc1C(=O)O[C@@H](C)C(=O)NNC(=O)c1ccccc1. The highest BCUT2D eigenvalue weighted by Crippen LogP contribution is 2.27. The Kier molecular flexibility index (Phi) is 6.30. The average molecular weight is 410 g/mol. The van der Waals surface area contributed by atoms with Crippen LogP contribution in [-0.2, 0) is 9.53 Å². The Labute approximate surface area is 170 Å². The molecule has 1 aromatic carbocycles. The van der Waals surface area contributed by atoms with Gasteiger partial charge in [0.05, 0.1) is 11.4 Å². The molecule has 0 aliphatic carbocycles. The van der Waals surface area contributed by atoms with Crippen LogP contribution in [0.15, 0.2) is 54.7 Å². The van der Waals surface area contributed by atoms with Crippen LogP contribution in [0.1, 0.15) is 32.6 Å². The number of thiazole rings is 1. The summed E-state index contributed by atoms with van der Waals surface area (Å²) in [4.78, 5) is 45.4. The van der Waals surface area contributed by atoms with E-state index >= 15 is 0 Å². The van der Waals surface area contributed by atoms with Crippen LogP contribution in [0.25, 0.3) is 10.7 Å². The number of nitrogens with one attached hydrogen (secondary N) is 2. The summed E-state index contributed by atoms with van der Waals surface area (Å²) in [6, 6.07) is 13.8. The number of ether oxygens (including phenoxy) is 1. The molecule has 2 N–H and O–H groups in total. The molecular formula is C20H18N4O4S. The van der Waals surface area contributed by atoms with Gasteiger partial charge in [-0.1, -0.05) is 24.3 Å². The van der Waals surface area contributed by atoms with Gasteiger partial charge in [0.15, 0.2) is 6.10 Å². The topological polar surface area (TPSA) is 110 Å². The summed E-state index contributed by atoms with van der Waals surface area (Å²) in [5.74, 6) is -1.80.